The van der Waals surface area contributed by atoms with Gasteiger partial charge in [0.05, 0.1) is 5.92 Å². The summed E-state index contributed by atoms with van der Waals surface area (Å²) in [6.45, 7) is 1.57. The summed E-state index contributed by atoms with van der Waals surface area (Å²) in [4.78, 5) is 10.9. The van der Waals surface area contributed by atoms with Crippen LogP contribution in [0.3, 0.4) is 0 Å². The normalized spacial score (nSPS) is 18.2. The van der Waals surface area contributed by atoms with Gasteiger partial charge in [0.1, 0.15) is 0 Å². The summed E-state index contributed by atoms with van der Waals surface area (Å²) in [6, 6.07) is 4.14. The van der Waals surface area contributed by atoms with E-state index in [0.29, 0.717) is 5.56 Å². The Balaban J connectivity index is 2.32. The molecule has 0 saturated heterocycles. The molecule has 86 valence electrons. The van der Waals surface area contributed by atoms with E-state index in [4.69, 9.17) is 11.6 Å². The van der Waals surface area contributed by atoms with Crippen LogP contribution in [0.5, 0.6) is 11.5 Å². The Morgan fingerprint density at radius 2 is 2.00 bits per heavy atom. The van der Waals surface area contributed by atoms with Gasteiger partial charge in [-0.3, -0.25) is 4.79 Å². The van der Waals surface area contributed by atoms with E-state index in [1.807, 2.05) is 0 Å². The van der Waals surface area contributed by atoms with Crippen molar-refractivity contribution in [2.75, 3.05) is 0 Å². The fourth-order valence-corrected chi connectivity index (χ4v) is 1.49. The first kappa shape index (κ1) is 11.1. The number of rotatable bonds is 2. The SMILES string of the molecule is CC(C(=O)Cl)c1ccc2c(c1)OC(F)(F)O2. The number of ether oxygens (including phenoxy) is 2. The molecule has 3 nitrogen and oxygen atoms in total. The fraction of sp³-hybridized carbons (Fsp3) is 0.300. The summed E-state index contributed by atoms with van der Waals surface area (Å²) < 4.78 is 33.9. The van der Waals surface area contributed by atoms with Gasteiger partial charge in [0.25, 0.3) is 0 Å². The smallest absolute Gasteiger partial charge is 0.395 e. The van der Waals surface area contributed by atoms with Crippen molar-refractivity contribution in [3.63, 3.8) is 0 Å². The van der Waals surface area contributed by atoms with E-state index in [1.165, 1.54) is 18.2 Å². The van der Waals surface area contributed by atoms with Crippen LogP contribution >= 0.6 is 11.6 Å². The van der Waals surface area contributed by atoms with Crippen LogP contribution in [0.4, 0.5) is 8.78 Å². The zero-order chi connectivity index (χ0) is 11.9. The van der Waals surface area contributed by atoms with Gasteiger partial charge >= 0.3 is 6.29 Å². The Morgan fingerprint density at radius 3 is 2.62 bits per heavy atom. The molecule has 1 heterocycles. The summed E-state index contributed by atoms with van der Waals surface area (Å²) in [5.41, 5.74) is 0.500. The minimum Gasteiger partial charge on any atom is -0.395 e. The zero-order valence-corrected chi connectivity index (χ0v) is 8.92. The molecular weight excluding hydrogens is 242 g/mol. The predicted molar refractivity (Wildman–Crippen MR) is 51.9 cm³/mol. The predicted octanol–water partition coefficient (Wildman–Crippen LogP) is 2.88. The minimum atomic E-state index is -3.64. The van der Waals surface area contributed by atoms with Crippen LogP contribution in [-0.4, -0.2) is 11.5 Å². The van der Waals surface area contributed by atoms with Crippen molar-refractivity contribution in [2.45, 2.75) is 19.1 Å². The van der Waals surface area contributed by atoms with E-state index in [9.17, 15) is 13.6 Å². The third kappa shape index (κ3) is 1.95. The first-order valence-electron chi connectivity index (χ1n) is 4.48. The lowest BCUT2D eigenvalue weighted by atomic mass is 10.0. The Hall–Kier alpha value is -1.36. The highest BCUT2D eigenvalue weighted by molar-refractivity contribution is 6.64. The number of fused-ring (bicyclic) bond motifs is 1. The number of carbonyl (C=O) groups is 1. The number of hydrogen-bond donors (Lipinski definition) is 0. The van der Waals surface area contributed by atoms with Crippen LogP contribution < -0.4 is 9.47 Å². The molecule has 0 radical (unpaired) electrons. The van der Waals surface area contributed by atoms with E-state index in [0.717, 1.165) is 0 Å². The van der Waals surface area contributed by atoms with Crippen molar-refractivity contribution in [3.05, 3.63) is 23.8 Å². The van der Waals surface area contributed by atoms with Gasteiger partial charge in [-0.25, -0.2) is 0 Å². The van der Waals surface area contributed by atoms with Crippen molar-refractivity contribution in [1.82, 2.24) is 0 Å². The first-order chi connectivity index (χ1) is 7.39. The van der Waals surface area contributed by atoms with Crippen LogP contribution in [0.15, 0.2) is 18.2 Å². The van der Waals surface area contributed by atoms with Gasteiger partial charge in [0.15, 0.2) is 11.5 Å². The van der Waals surface area contributed by atoms with Crippen molar-refractivity contribution in [3.8, 4) is 11.5 Å². The standard InChI is InChI=1S/C10H7ClF2O3/c1-5(9(11)14)6-2-3-7-8(4-6)16-10(12,13)15-7/h2-5H,1H3. The van der Waals surface area contributed by atoms with Crippen LogP contribution in [0, 0.1) is 0 Å². The number of halogens is 3. The minimum absolute atomic E-state index is 0.0528. The second-order valence-electron chi connectivity index (χ2n) is 3.40. The number of benzene rings is 1. The topological polar surface area (TPSA) is 35.5 Å². The molecule has 6 heteroatoms. The average Bonchev–Trinajstić information content (AvgIpc) is 2.48. The maximum absolute atomic E-state index is 12.7. The van der Waals surface area contributed by atoms with E-state index < -0.39 is 17.5 Å². The monoisotopic (exact) mass is 248 g/mol. The van der Waals surface area contributed by atoms with Gasteiger partial charge < -0.3 is 9.47 Å². The molecule has 2 rings (SSSR count). The van der Waals surface area contributed by atoms with Crippen molar-refractivity contribution in [1.29, 1.82) is 0 Å². The summed E-state index contributed by atoms with van der Waals surface area (Å²) in [5.74, 6) is -0.722. The molecule has 1 aromatic rings. The Labute approximate surface area is 94.9 Å². The molecule has 0 N–H and O–H groups in total. The molecular formula is C10H7ClF2O3. The summed E-state index contributed by atoms with van der Waals surface area (Å²) in [5, 5.41) is -0.564. The van der Waals surface area contributed by atoms with Crippen molar-refractivity contribution in [2.24, 2.45) is 0 Å². The fourth-order valence-electron chi connectivity index (χ4n) is 1.37. The lowest BCUT2D eigenvalue weighted by Crippen LogP contribution is -2.25. The van der Waals surface area contributed by atoms with Crippen LogP contribution in [0.2, 0.25) is 0 Å². The molecule has 0 aliphatic carbocycles. The maximum atomic E-state index is 12.7. The zero-order valence-electron chi connectivity index (χ0n) is 8.17. The Morgan fingerprint density at radius 1 is 1.38 bits per heavy atom. The molecule has 1 unspecified atom stereocenters. The van der Waals surface area contributed by atoms with Gasteiger partial charge in [-0.15, -0.1) is 8.78 Å². The second-order valence-corrected chi connectivity index (χ2v) is 3.77. The Kier molecular flexibility index (Phi) is 2.50. The molecule has 0 saturated carbocycles. The molecule has 1 aliphatic heterocycles. The third-order valence-electron chi connectivity index (χ3n) is 2.27. The largest absolute Gasteiger partial charge is 0.586 e. The van der Waals surface area contributed by atoms with Gasteiger partial charge in [0.2, 0.25) is 5.24 Å². The lowest BCUT2D eigenvalue weighted by molar-refractivity contribution is -0.286. The first-order valence-corrected chi connectivity index (χ1v) is 4.86. The molecule has 0 spiro atoms. The van der Waals surface area contributed by atoms with Crippen LogP contribution in [0.1, 0.15) is 18.4 Å². The van der Waals surface area contributed by atoms with E-state index in [-0.39, 0.29) is 11.5 Å². The third-order valence-corrected chi connectivity index (χ3v) is 2.59. The van der Waals surface area contributed by atoms with Crippen LogP contribution in [-0.2, 0) is 4.79 Å². The highest BCUT2D eigenvalue weighted by Crippen LogP contribution is 2.42. The summed E-state index contributed by atoms with van der Waals surface area (Å²) >= 11 is 5.31. The van der Waals surface area contributed by atoms with Gasteiger partial charge in [-0.1, -0.05) is 13.0 Å². The number of alkyl halides is 2. The molecule has 1 aliphatic rings. The maximum Gasteiger partial charge on any atom is 0.586 e. The Bertz CT molecular complexity index is 448. The summed E-state index contributed by atoms with van der Waals surface area (Å²) in [6.07, 6.45) is -3.64. The molecule has 0 bridgehead atoms. The quantitative estimate of drug-likeness (QED) is 0.755. The average molecular weight is 249 g/mol. The van der Waals surface area contributed by atoms with Crippen molar-refractivity contribution >= 4 is 16.8 Å². The van der Waals surface area contributed by atoms with Gasteiger partial charge in [0, 0.05) is 0 Å². The molecule has 1 aromatic carbocycles. The van der Waals surface area contributed by atoms with Crippen molar-refractivity contribution < 1.29 is 23.0 Å². The molecule has 16 heavy (non-hydrogen) atoms. The second kappa shape index (κ2) is 3.59. The molecule has 0 aromatic heterocycles. The van der Waals surface area contributed by atoms with Gasteiger partial charge in [-0.05, 0) is 29.3 Å². The van der Waals surface area contributed by atoms with E-state index in [1.54, 1.807) is 6.92 Å². The number of hydrogen-bond acceptors (Lipinski definition) is 3. The summed E-state index contributed by atoms with van der Waals surface area (Å²) in [7, 11) is 0. The molecule has 0 amide bonds. The molecule has 1 atom stereocenters. The van der Waals surface area contributed by atoms with E-state index in [2.05, 4.69) is 9.47 Å². The van der Waals surface area contributed by atoms with Gasteiger partial charge in [-0.2, -0.15) is 0 Å². The number of carbonyl (C=O) groups excluding carboxylic acids is 1. The highest BCUT2D eigenvalue weighted by atomic mass is 35.5. The molecule has 0 fully saturated rings. The van der Waals surface area contributed by atoms with E-state index >= 15 is 0 Å². The highest BCUT2D eigenvalue weighted by Gasteiger charge is 2.43. The van der Waals surface area contributed by atoms with Crippen LogP contribution in [0.25, 0.3) is 0 Å². The lowest BCUT2D eigenvalue weighted by Gasteiger charge is -2.06.